The molecule has 1 aliphatic heterocycles. The van der Waals surface area contributed by atoms with Gasteiger partial charge in [-0.15, -0.1) is 22.7 Å². The van der Waals surface area contributed by atoms with Gasteiger partial charge < -0.3 is 0 Å². The monoisotopic (exact) mass is 344 g/mol. The minimum absolute atomic E-state index is 0.488. The second-order valence-corrected chi connectivity index (χ2v) is 8.56. The van der Waals surface area contributed by atoms with Crippen LogP contribution in [0.1, 0.15) is 25.0 Å². The number of halogens is 1. The lowest BCUT2D eigenvalue weighted by Gasteiger charge is -2.08. The fourth-order valence-corrected chi connectivity index (χ4v) is 6.11. The summed E-state index contributed by atoms with van der Waals surface area (Å²) in [7, 11) is 0. The van der Waals surface area contributed by atoms with Crippen LogP contribution < -0.4 is 0 Å². The molecule has 0 fully saturated rings. The average Bonchev–Trinajstić information content (AvgIpc) is 2.96. The molecule has 0 radical (unpaired) electrons. The first-order valence-electron chi connectivity index (χ1n) is 5.68. The molecule has 3 rings (SSSR count). The van der Waals surface area contributed by atoms with Crippen LogP contribution in [0.4, 0.5) is 0 Å². The standard InChI is InChI=1S/C13H13BrS3/c14-11(7-10-2-1-4-16-10)13-6-9-8-15-5-3-12(9)17-13/h1-2,4,6,11H,3,5,7-8H2. The van der Waals surface area contributed by atoms with Crippen LogP contribution in [0.5, 0.6) is 0 Å². The Morgan fingerprint density at radius 1 is 1.41 bits per heavy atom. The Morgan fingerprint density at radius 2 is 2.35 bits per heavy atom. The van der Waals surface area contributed by atoms with E-state index in [1.807, 2.05) is 22.7 Å². The van der Waals surface area contributed by atoms with E-state index in [2.05, 4.69) is 51.3 Å². The van der Waals surface area contributed by atoms with E-state index in [0.717, 1.165) is 6.42 Å². The van der Waals surface area contributed by atoms with Crippen LogP contribution in [0.25, 0.3) is 0 Å². The van der Waals surface area contributed by atoms with Crippen molar-refractivity contribution in [1.29, 1.82) is 0 Å². The van der Waals surface area contributed by atoms with Gasteiger partial charge in [-0.05, 0) is 41.7 Å². The summed E-state index contributed by atoms with van der Waals surface area (Å²) in [6.07, 6.45) is 2.38. The predicted octanol–water partition coefficient (Wildman–Crippen LogP) is 5.28. The van der Waals surface area contributed by atoms with Crippen molar-refractivity contribution in [2.75, 3.05) is 5.75 Å². The number of rotatable bonds is 3. The van der Waals surface area contributed by atoms with Crippen LogP contribution >= 0.6 is 50.4 Å². The molecule has 2 aromatic rings. The first-order chi connectivity index (χ1) is 8.33. The lowest BCUT2D eigenvalue weighted by atomic mass is 10.2. The summed E-state index contributed by atoms with van der Waals surface area (Å²) < 4.78 is 0. The van der Waals surface area contributed by atoms with Gasteiger partial charge in [-0.2, -0.15) is 11.8 Å². The smallest absolute Gasteiger partial charge is 0.0537 e. The van der Waals surface area contributed by atoms with Crippen LogP contribution in [0.15, 0.2) is 23.6 Å². The van der Waals surface area contributed by atoms with Crippen molar-refractivity contribution in [3.8, 4) is 0 Å². The third-order valence-corrected chi connectivity index (χ3v) is 7.29. The highest BCUT2D eigenvalue weighted by atomic mass is 79.9. The summed E-state index contributed by atoms with van der Waals surface area (Å²) in [5.74, 6) is 2.51. The Hall–Kier alpha value is 0.230. The third kappa shape index (κ3) is 2.80. The first-order valence-corrected chi connectivity index (χ1v) is 9.45. The summed E-state index contributed by atoms with van der Waals surface area (Å²) in [4.78, 5) is 5.08. The van der Waals surface area contributed by atoms with Gasteiger partial charge in [0.25, 0.3) is 0 Å². The van der Waals surface area contributed by atoms with Gasteiger partial charge in [0.2, 0.25) is 0 Å². The highest BCUT2D eigenvalue weighted by Crippen LogP contribution is 2.38. The van der Waals surface area contributed by atoms with E-state index in [9.17, 15) is 0 Å². The van der Waals surface area contributed by atoms with Crippen molar-refractivity contribution in [3.05, 3.63) is 43.8 Å². The molecule has 0 amide bonds. The van der Waals surface area contributed by atoms with Crippen molar-refractivity contribution < 1.29 is 0 Å². The Balaban J connectivity index is 1.77. The Labute approximate surface area is 123 Å². The molecular weight excluding hydrogens is 332 g/mol. The number of thiophene rings is 2. The zero-order chi connectivity index (χ0) is 11.7. The van der Waals surface area contributed by atoms with Crippen molar-refractivity contribution in [1.82, 2.24) is 0 Å². The molecule has 0 saturated heterocycles. The minimum Gasteiger partial charge on any atom is -0.157 e. The molecule has 0 aromatic carbocycles. The van der Waals surface area contributed by atoms with Gasteiger partial charge >= 0.3 is 0 Å². The van der Waals surface area contributed by atoms with Gasteiger partial charge in [0.15, 0.2) is 0 Å². The Bertz CT molecular complexity index is 463. The van der Waals surface area contributed by atoms with Crippen molar-refractivity contribution in [2.45, 2.75) is 23.4 Å². The molecule has 4 heteroatoms. The maximum Gasteiger partial charge on any atom is 0.0537 e. The van der Waals surface area contributed by atoms with Crippen LogP contribution in [0.3, 0.4) is 0 Å². The molecule has 1 atom stereocenters. The van der Waals surface area contributed by atoms with E-state index >= 15 is 0 Å². The second kappa shape index (κ2) is 5.47. The minimum atomic E-state index is 0.488. The molecule has 2 aromatic heterocycles. The normalized spacial score (nSPS) is 16.8. The van der Waals surface area contributed by atoms with Crippen molar-refractivity contribution in [3.63, 3.8) is 0 Å². The topological polar surface area (TPSA) is 0 Å². The lowest BCUT2D eigenvalue weighted by Crippen LogP contribution is -1.96. The molecule has 1 aliphatic rings. The highest BCUT2D eigenvalue weighted by molar-refractivity contribution is 9.09. The van der Waals surface area contributed by atoms with Crippen LogP contribution in [0.2, 0.25) is 0 Å². The van der Waals surface area contributed by atoms with Crippen molar-refractivity contribution >= 4 is 50.4 Å². The molecular formula is C13H13BrS3. The van der Waals surface area contributed by atoms with Gasteiger partial charge in [-0.1, -0.05) is 22.0 Å². The number of aryl methyl sites for hydroxylation is 1. The van der Waals surface area contributed by atoms with Crippen LogP contribution in [-0.4, -0.2) is 5.75 Å². The number of alkyl halides is 1. The summed E-state index contributed by atoms with van der Waals surface area (Å²) in [5, 5.41) is 2.16. The molecule has 1 unspecified atom stereocenters. The van der Waals surface area contributed by atoms with Gasteiger partial charge in [0, 0.05) is 20.4 Å². The predicted molar refractivity (Wildman–Crippen MR) is 83.9 cm³/mol. The Kier molecular flexibility index (Phi) is 3.95. The number of thioether (sulfide) groups is 1. The van der Waals surface area contributed by atoms with E-state index in [0.29, 0.717) is 4.83 Å². The van der Waals surface area contributed by atoms with Gasteiger partial charge in [0.05, 0.1) is 4.83 Å². The molecule has 0 aliphatic carbocycles. The lowest BCUT2D eigenvalue weighted by molar-refractivity contribution is 0.990. The fraction of sp³-hybridized carbons (Fsp3) is 0.385. The maximum atomic E-state index is 3.84. The van der Waals surface area contributed by atoms with Crippen LogP contribution in [0, 0.1) is 0 Å². The van der Waals surface area contributed by atoms with Crippen LogP contribution in [-0.2, 0) is 18.6 Å². The Morgan fingerprint density at radius 3 is 3.12 bits per heavy atom. The molecule has 17 heavy (non-hydrogen) atoms. The quantitative estimate of drug-likeness (QED) is 0.682. The zero-order valence-corrected chi connectivity index (χ0v) is 13.4. The first kappa shape index (κ1) is 12.3. The molecule has 3 heterocycles. The van der Waals surface area contributed by atoms with Gasteiger partial charge in [-0.3, -0.25) is 0 Å². The molecule has 0 bridgehead atoms. The van der Waals surface area contributed by atoms with E-state index in [-0.39, 0.29) is 0 Å². The third-order valence-electron chi connectivity index (χ3n) is 2.92. The van der Waals surface area contributed by atoms with E-state index in [4.69, 9.17) is 0 Å². The van der Waals surface area contributed by atoms with E-state index in [1.54, 1.807) is 10.4 Å². The van der Waals surface area contributed by atoms with Crippen molar-refractivity contribution in [2.24, 2.45) is 0 Å². The zero-order valence-electron chi connectivity index (χ0n) is 9.32. The molecule has 0 spiro atoms. The molecule has 90 valence electrons. The SMILES string of the molecule is BrC(Cc1cccs1)c1cc2c(s1)CCSC2. The summed E-state index contributed by atoms with van der Waals surface area (Å²) in [5.41, 5.74) is 1.58. The van der Waals surface area contributed by atoms with Gasteiger partial charge in [0.1, 0.15) is 0 Å². The molecule has 0 nitrogen and oxygen atoms in total. The maximum absolute atomic E-state index is 3.84. The van der Waals surface area contributed by atoms with Gasteiger partial charge in [-0.25, -0.2) is 0 Å². The number of hydrogen-bond acceptors (Lipinski definition) is 3. The average molecular weight is 345 g/mol. The second-order valence-electron chi connectivity index (χ2n) is 4.15. The number of hydrogen-bond donors (Lipinski definition) is 0. The largest absolute Gasteiger partial charge is 0.157 e. The van der Waals surface area contributed by atoms with E-state index < -0.39 is 0 Å². The highest BCUT2D eigenvalue weighted by Gasteiger charge is 2.18. The fourth-order valence-electron chi connectivity index (χ4n) is 2.03. The number of fused-ring (bicyclic) bond motifs is 1. The summed E-state index contributed by atoms with van der Waals surface area (Å²) in [6.45, 7) is 0. The summed E-state index contributed by atoms with van der Waals surface area (Å²) in [6, 6.07) is 6.78. The van der Waals surface area contributed by atoms with E-state index in [1.165, 1.54) is 27.7 Å². The molecule has 0 saturated carbocycles. The summed E-state index contributed by atoms with van der Waals surface area (Å²) >= 11 is 9.77. The molecule has 0 N–H and O–H groups in total.